The number of anilines is 1. The first-order valence-corrected chi connectivity index (χ1v) is 10.3. The molecule has 7 heteroatoms. The summed E-state index contributed by atoms with van der Waals surface area (Å²) in [5.41, 5.74) is 1.94. The van der Waals surface area contributed by atoms with Crippen molar-refractivity contribution in [3.63, 3.8) is 0 Å². The number of hydrogen-bond acceptors (Lipinski definition) is 4. The summed E-state index contributed by atoms with van der Waals surface area (Å²) in [6, 6.07) is 13.1. The van der Waals surface area contributed by atoms with Crippen LogP contribution in [0.25, 0.3) is 0 Å². The summed E-state index contributed by atoms with van der Waals surface area (Å²) in [7, 11) is -3.57. The first kappa shape index (κ1) is 19.1. The van der Waals surface area contributed by atoms with Gasteiger partial charge in [0.05, 0.1) is 16.5 Å². The molecule has 0 aromatic heterocycles. The molecule has 1 N–H and O–H groups in total. The monoisotopic (exact) mass is 383 g/mol. The molecule has 1 heterocycles. The highest BCUT2D eigenvalue weighted by Gasteiger charge is 2.26. The van der Waals surface area contributed by atoms with Gasteiger partial charge >= 0.3 is 0 Å². The summed E-state index contributed by atoms with van der Waals surface area (Å²) >= 11 is 0. The van der Waals surface area contributed by atoms with Gasteiger partial charge in [0.25, 0.3) is 5.91 Å². The highest BCUT2D eigenvalue weighted by atomic mass is 32.2. The van der Waals surface area contributed by atoms with Crippen LogP contribution in [0, 0.1) is 18.3 Å². The van der Waals surface area contributed by atoms with Crippen LogP contribution in [-0.4, -0.2) is 31.7 Å². The molecule has 0 radical (unpaired) electrons. The maximum atomic E-state index is 12.9. The van der Waals surface area contributed by atoms with E-state index in [2.05, 4.69) is 5.32 Å². The number of carbonyl (C=O) groups excluding carboxylic acids is 1. The summed E-state index contributed by atoms with van der Waals surface area (Å²) in [5.74, 6) is -0.386. The maximum Gasteiger partial charge on any atom is 0.255 e. The van der Waals surface area contributed by atoms with Gasteiger partial charge in [-0.15, -0.1) is 0 Å². The Morgan fingerprint density at radius 2 is 1.85 bits per heavy atom. The van der Waals surface area contributed by atoms with Gasteiger partial charge in [-0.25, -0.2) is 8.42 Å². The zero-order valence-electron chi connectivity index (χ0n) is 15.1. The Kier molecular flexibility index (Phi) is 5.59. The number of hydrogen-bond donors (Lipinski definition) is 1. The molecule has 1 aliphatic rings. The Morgan fingerprint density at radius 1 is 1.11 bits per heavy atom. The van der Waals surface area contributed by atoms with Crippen molar-refractivity contribution in [2.45, 2.75) is 31.1 Å². The smallest absolute Gasteiger partial charge is 0.255 e. The van der Waals surface area contributed by atoms with Crippen molar-refractivity contribution in [2.75, 3.05) is 18.4 Å². The average molecular weight is 383 g/mol. The first-order valence-electron chi connectivity index (χ1n) is 8.84. The van der Waals surface area contributed by atoms with E-state index < -0.39 is 10.0 Å². The predicted octanol–water partition coefficient (Wildman–Crippen LogP) is 3.29. The van der Waals surface area contributed by atoms with E-state index in [1.807, 2.05) is 6.07 Å². The van der Waals surface area contributed by atoms with Gasteiger partial charge in [0.1, 0.15) is 0 Å². The van der Waals surface area contributed by atoms with Gasteiger partial charge in [-0.1, -0.05) is 18.6 Å². The molecule has 3 rings (SSSR count). The number of nitriles is 1. The van der Waals surface area contributed by atoms with Gasteiger partial charge in [-0.05, 0) is 55.7 Å². The molecule has 140 valence electrons. The molecule has 0 unspecified atom stereocenters. The van der Waals surface area contributed by atoms with E-state index in [0.717, 1.165) is 24.8 Å². The van der Waals surface area contributed by atoms with Crippen LogP contribution in [0.1, 0.15) is 40.7 Å². The summed E-state index contributed by atoms with van der Waals surface area (Å²) in [4.78, 5) is 12.7. The van der Waals surface area contributed by atoms with Crippen molar-refractivity contribution >= 4 is 21.6 Å². The fourth-order valence-electron chi connectivity index (χ4n) is 3.08. The summed E-state index contributed by atoms with van der Waals surface area (Å²) in [5, 5.41) is 11.7. The maximum absolute atomic E-state index is 12.9. The third-order valence-electron chi connectivity index (χ3n) is 4.66. The third kappa shape index (κ3) is 4.18. The normalized spacial score (nSPS) is 15.1. The molecule has 2 aromatic rings. The van der Waals surface area contributed by atoms with E-state index in [1.54, 1.807) is 37.3 Å². The number of nitrogens with zero attached hydrogens (tertiary/aromatic N) is 2. The van der Waals surface area contributed by atoms with Gasteiger partial charge in [-0.3, -0.25) is 4.79 Å². The van der Waals surface area contributed by atoms with E-state index in [4.69, 9.17) is 5.26 Å². The van der Waals surface area contributed by atoms with Crippen LogP contribution in [0.2, 0.25) is 0 Å². The van der Waals surface area contributed by atoms with Crippen LogP contribution in [0.4, 0.5) is 5.69 Å². The SMILES string of the molecule is Cc1ccc(S(=O)(=O)N2CCCCC2)cc1NC(=O)c1cccc(C#N)c1. The van der Waals surface area contributed by atoms with E-state index in [1.165, 1.54) is 16.4 Å². The molecule has 0 bridgehead atoms. The molecule has 27 heavy (non-hydrogen) atoms. The molecule has 0 saturated carbocycles. The lowest BCUT2D eigenvalue weighted by molar-refractivity contribution is 0.102. The van der Waals surface area contributed by atoms with Gasteiger partial charge in [0.15, 0.2) is 0 Å². The molecule has 1 amide bonds. The summed E-state index contributed by atoms with van der Waals surface area (Å²) in [6.45, 7) is 2.86. The average Bonchev–Trinajstić information content (AvgIpc) is 2.70. The molecule has 0 atom stereocenters. The quantitative estimate of drug-likeness (QED) is 0.877. The molecular weight excluding hydrogens is 362 g/mol. The Balaban J connectivity index is 1.87. The third-order valence-corrected chi connectivity index (χ3v) is 6.56. The Bertz CT molecular complexity index is 1000. The molecule has 1 aliphatic heterocycles. The highest BCUT2D eigenvalue weighted by Crippen LogP contribution is 2.25. The molecule has 1 fully saturated rings. The van der Waals surface area contributed by atoms with Crippen molar-refractivity contribution in [1.82, 2.24) is 4.31 Å². The van der Waals surface area contributed by atoms with Crippen LogP contribution >= 0.6 is 0 Å². The number of rotatable bonds is 4. The van der Waals surface area contributed by atoms with Crippen molar-refractivity contribution in [3.05, 3.63) is 59.2 Å². The van der Waals surface area contributed by atoms with E-state index in [0.29, 0.717) is 29.9 Å². The van der Waals surface area contributed by atoms with E-state index >= 15 is 0 Å². The number of aryl methyl sites for hydroxylation is 1. The number of amides is 1. The second kappa shape index (κ2) is 7.91. The van der Waals surface area contributed by atoms with Crippen LogP contribution < -0.4 is 5.32 Å². The fourth-order valence-corrected chi connectivity index (χ4v) is 4.62. The van der Waals surface area contributed by atoms with Crippen molar-refractivity contribution in [2.24, 2.45) is 0 Å². The molecule has 0 spiro atoms. The summed E-state index contributed by atoms with van der Waals surface area (Å²) in [6.07, 6.45) is 2.77. The minimum absolute atomic E-state index is 0.177. The first-order chi connectivity index (χ1) is 12.9. The Hall–Kier alpha value is -2.69. The second-order valence-electron chi connectivity index (χ2n) is 6.59. The fraction of sp³-hybridized carbons (Fsp3) is 0.300. The number of sulfonamides is 1. The number of carbonyl (C=O) groups is 1. The second-order valence-corrected chi connectivity index (χ2v) is 8.53. The van der Waals surface area contributed by atoms with Crippen LogP contribution in [0.15, 0.2) is 47.4 Å². The van der Waals surface area contributed by atoms with Crippen LogP contribution in [0.3, 0.4) is 0 Å². The summed E-state index contributed by atoms with van der Waals surface area (Å²) < 4.78 is 27.2. The minimum atomic E-state index is -3.57. The molecule has 1 saturated heterocycles. The lowest BCUT2D eigenvalue weighted by atomic mass is 10.1. The topological polar surface area (TPSA) is 90.3 Å². The molecular formula is C20H21N3O3S. The zero-order chi connectivity index (χ0) is 19.4. The van der Waals surface area contributed by atoms with E-state index in [-0.39, 0.29) is 10.8 Å². The van der Waals surface area contributed by atoms with Crippen molar-refractivity contribution < 1.29 is 13.2 Å². The number of benzene rings is 2. The highest BCUT2D eigenvalue weighted by molar-refractivity contribution is 7.89. The standard InChI is InChI=1S/C20H21N3O3S/c1-15-8-9-18(27(25,26)23-10-3-2-4-11-23)13-19(15)22-20(24)17-7-5-6-16(12-17)14-21/h5-9,12-13H,2-4,10-11H2,1H3,(H,22,24). The van der Waals surface area contributed by atoms with Gasteiger partial charge in [0.2, 0.25) is 10.0 Å². The number of piperidine rings is 1. The molecule has 0 aliphatic carbocycles. The number of nitrogens with one attached hydrogen (secondary N) is 1. The lowest BCUT2D eigenvalue weighted by Crippen LogP contribution is -2.35. The minimum Gasteiger partial charge on any atom is -0.322 e. The lowest BCUT2D eigenvalue weighted by Gasteiger charge is -2.26. The van der Waals surface area contributed by atoms with Gasteiger partial charge in [0, 0.05) is 24.3 Å². The van der Waals surface area contributed by atoms with Gasteiger partial charge < -0.3 is 5.32 Å². The van der Waals surface area contributed by atoms with Crippen LogP contribution in [0.5, 0.6) is 0 Å². The largest absolute Gasteiger partial charge is 0.322 e. The molecule has 6 nitrogen and oxygen atoms in total. The Labute approximate surface area is 159 Å². The van der Waals surface area contributed by atoms with Crippen LogP contribution in [-0.2, 0) is 10.0 Å². The van der Waals surface area contributed by atoms with Crippen molar-refractivity contribution in [1.29, 1.82) is 5.26 Å². The van der Waals surface area contributed by atoms with Gasteiger partial charge in [-0.2, -0.15) is 9.57 Å². The predicted molar refractivity (Wildman–Crippen MR) is 103 cm³/mol. The Morgan fingerprint density at radius 3 is 2.56 bits per heavy atom. The van der Waals surface area contributed by atoms with Crippen molar-refractivity contribution in [3.8, 4) is 6.07 Å². The van der Waals surface area contributed by atoms with E-state index in [9.17, 15) is 13.2 Å². The molecule has 2 aromatic carbocycles. The zero-order valence-corrected chi connectivity index (χ0v) is 15.9.